The van der Waals surface area contributed by atoms with Crippen LogP contribution in [0.4, 0.5) is 0 Å². The van der Waals surface area contributed by atoms with Crippen LogP contribution in [0.15, 0.2) is 6.33 Å². The molecular formula is C14H17N3O3. The number of aromatic nitrogens is 2. The highest BCUT2D eigenvalue weighted by Crippen LogP contribution is 2.67. The maximum Gasteiger partial charge on any atom is 0.310 e. The van der Waals surface area contributed by atoms with Gasteiger partial charge in [-0.15, -0.1) is 0 Å². The Balaban J connectivity index is 1.59. The van der Waals surface area contributed by atoms with Crippen molar-refractivity contribution in [2.45, 2.75) is 39.2 Å². The number of carbonyl (C=O) groups excluding carboxylic acids is 1. The zero-order chi connectivity index (χ0) is 14.5. The molecule has 3 atom stereocenters. The second-order valence-corrected chi connectivity index (χ2v) is 5.85. The second-order valence-electron chi connectivity index (χ2n) is 5.85. The van der Waals surface area contributed by atoms with Crippen LogP contribution in [0.1, 0.15) is 29.8 Å². The lowest BCUT2D eigenvalue weighted by atomic mass is 9.80. The maximum absolute atomic E-state index is 12.0. The first-order valence-corrected chi connectivity index (χ1v) is 6.74. The molecule has 2 aliphatic carbocycles. The molecule has 0 aliphatic heterocycles. The third kappa shape index (κ3) is 1.87. The highest BCUT2D eigenvalue weighted by atomic mass is 16.4. The third-order valence-corrected chi connectivity index (χ3v) is 4.69. The van der Waals surface area contributed by atoms with Gasteiger partial charge in [-0.3, -0.25) is 9.59 Å². The summed E-state index contributed by atoms with van der Waals surface area (Å²) in [7, 11) is 0. The first-order chi connectivity index (χ1) is 9.44. The highest BCUT2D eigenvalue weighted by molar-refractivity contribution is 5.83. The van der Waals surface area contributed by atoms with E-state index >= 15 is 0 Å². The number of hydrogen-bond donors (Lipinski definition) is 2. The fourth-order valence-corrected chi connectivity index (χ4v) is 3.25. The van der Waals surface area contributed by atoms with Gasteiger partial charge in [-0.1, -0.05) is 0 Å². The van der Waals surface area contributed by atoms with Gasteiger partial charge in [-0.25, -0.2) is 9.97 Å². The summed E-state index contributed by atoms with van der Waals surface area (Å²) < 4.78 is 0. The summed E-state index contributed by atoms with van der Waals surface area (Å²) in [6, 6.07) is 0.0174. The molecule has 0 aromatic carbocycles. The molecule has 1 aromatic heterocycles. The average Bonchev–Trinajstić information content (AvgIpc) is 2.98. The Bertz CT molecular complexity index is 581. The molecule has 106 valence electrons. The molecule has 0 unspecified atom stereocenters. The van der Waals surface area contributed by atoms with Crippen molar-refractivity contribution < 1.29 is 14.7 Å². The number of fused-ring (bicyclic) bond motifs is 1. The molecule has 6 heteroatoms. The molecule has 2 N–H and O–H groups in total. The lowest BCUT2D eigenvalue weighted by Gasteiger charge is -2.32. The van der Waals surface area contributed by atoms with E-state index in [0.717, 1.165) is 17.0 Å². The van der Waals surface area contributed by atoms with Gasteiger partial charge in [-0.2, -0.15) is 0 Å². The van der Waals surface area contributed by atoms with E-state index in [2.05, 4.69) is 15.3 Å². The van der Waals surface area contributed by atoms with Crippen molar-refractivity contribution in [3.8, 4) is 0 Å². The van der Waals surface area contributed by atoms with Crippen LogP contribution >= 0.6 is 0 Å². The number of carbonyl (C=O) groups is 2. The minimum Gasteiger partial charge on any atom is -0.481 e. The Morgan fingerprint density at radius 3 is 2.50 bits per heavy atom. The molecule has 0 bridgehead atoms. The fraction of sp³-hybridized carbons (Fsp3) is 0.571. The number of hydrogen-bond acceptors (Lipinski definition) is 4. The van der Waals surface area contributed by atoms with Gasteiger partial charge in [0.1, 0.15) is 6.33 Å². The van der Waals surface area contributed by atoms with Crippen molar-refractivity contribution in [3.05, 3.63) is 23.3 Å². The smallest absolute Gasteiger partial charge is 0.310 e. The molecule has 2 saturated carbocycles. The molecule has 2 fully saturated rings. The Hall–Kier alpha value is -1.98. The van der Waals surface area contributed by atoms with E-state index in [9.17, 15) is 9.59 Å². The highest BCUT2D eigenvalue weighted by Gasteiger charge is 2.72. The number of aryl methyl sites for hydroxylation is 2. The van der Waals surface area contributed by atoms with Crippen LogP contribution < -0.4 is 5.32 Å². The van der Waals surface area contributed by atoms with Gasteiger partial charge >= 0.3 is 5.97 Å². The number of nitrogens with zero attached hydrogens (tertiary/aromatic N) is 2. The molecule has 20 heavy (non-hydrogen) atoms. The Morgan fingerprint density at radius 2 is 2.00 bits per heavy atom. The number of amides is 1. The predicted molar refractivity (Wildman–Crippen MR) is 69.9 cm³/mol. The van der Waals surface area contributed by atoms with E-state index in [1.54, 1.807) is 0 Å². The first kappa shape index (κ1) is 13.0. The van der Waals surface area contributed by atoms with Crippen molar-refractivity contribution in [1.82, 2.24) is 15.3 Å². The van der Waals surface area contributed by atoms with Crippen molar-refractivity contribution in [2.24, 2.45) is 11.3 Å². The van der Waals surface area contributed by atoms with Crippen LogP contribution in [-0.4, -0.2) is 33.0 Å². The van der Waals surface area contributed by atoms with E-state index in [1.165, 1.54) is 6.33 Å². The lowest BCUT2D eigenvalue weighted by Crippen LogP contribution is -2.48. The van der Waals surface area contributed by atoms with Crippen molar-refractivity contribution in [1.29, 1.82) is 0 Å². The lowest BCUT2D eigenvalue weighted by molar-refractivity contribution is -0.148. The summed E-state index contributed by atoms with van der Waals surface area (Å²) in [5.41, 5.74) is 1.95. The number of rotatable bonds is 4. The first-order valence-electron chi connectivity index (χ1n) is 6.74. The molecule has 1 heterocycles. The summed E-state index contributed by atoms with van der Waals surface area (Å²) in [6.07, 6.45) is 2.99. The molecule has 1 amide bonds. The molecule has 2 aliphatic rings. The van der Waals surface area contributed by atoms with Crippen LogP contribution in [0.3, 0.4) is 0 Å². The Labute approximate surface area is 116 Å². The van der Waals surface area contributed by atoms with Crippen LogP contribution in [0.5, 0.6) is 0 Å². The van der Waals surface area contributed by atoms with E-state index in [1.807, 2.05) is 13.8 Å². The quantitative estimate of drug-likeness (QED) is 0.840. The molecular weight excluding hydrogens is 258 g/mol. The van der Waals surface area contributed by atoms with Gasteiger partial charge in [0.2, 0.25) is 5.91 Å². The van der Waals surface area contributed by atoms with Gasteiger partial charge in [0.25, 0.3) is 0 Å². The van der Waals surface area contributed by atoms with Crippen LogP contribution in [-0.2, 0) is 16.0 Å². The van der Waals surface area contributed by atoms with E-state index in [0.29, 0.717) is 12.8 Å². The van der Waals surface area contributed by atoms with Crippen LogP contribution in [0, 0.1) is 25.2 Å². The summed E-state index contributed by atoms with van der Waals surface area (Å²) in [6.45, 7) is 3.72. The molecule has 0 spiro atoms. The topological polar surface area (TPSA) is 92.2 Å². The van der Waals surface area contributed by atoms with Gasteiger partial charge in [0.05, 0.1) is 11.8 Å². The number of aliphatic carboxylic acids is 1. The molecule has 1 aromatic rings. The number of nitrogens with one attached hydrogen (secondary N) is 1. The molecule has 6 nitrogen and oxygen atoms in total. The van der Waals surface area contributed by atoms with E-state index in [4.69, 9.17) is 5.11 Å². The fourth-order valence-electron chi connectivity index (χ4n) is 3.25. The minimum absolute atomic E-state index is 0.0174. The summed E-state index contributed by atoms with van der Waals surface area (Å²) in [5.74, 6) is -0.684. The summed E-state index contributed by atoms with van der Waals surface area (Å²) in [5, 5.41) is 12.0. The van der Waals surface area contributed by atoms with Gasteiger partial charge < -0.3 is 10.4 Å². The van der Waals surface area contributed by atoms with Crippen LogP contribution in [0.25, 0.3) is 0 Å². The van der Waals surface area contributed by atoms with Crippen molar-refractivity contribution in [2.75, 3.05) is 0 Å². The van der Waals surface area contributed by atoms with Crippen molar-refractivity contribution >= 4 is 11.9 Å². The largest absolute Gasteiger partial charge is 0.481 e. The predicted octanol–water partition coefficient (Wildman–Crippen LogP) is 0.615. The van der Waals surface area contributed by atoms with Gasteiger partial charge in [-0.05, 0) is 32.6 Å². The SMILES string of the molecule is Cc1ncnc(C)c1CC(=O)N[C@@H]1C[C@@]2(C(=O)O)C[C@@H]12. The van der Waals surface area contributed by atoms with Crippen molar-refractivity contribution in [3.63, 3.8) is 0 Å². The summed E-state index contributed by atoms with van der Waals surface area (Å²) >= 11 is 0. The monoisotopic (exact) mass is 275 g/mol. The number of carboxylic acid groups (broad SMARTS) is 1. The molecule has 0 saturated heterocycles. The maximum atomic E-state index is 12.0. The number of carboxylic acids is 1. The third-order valence-electron chi connectivity index (χ3n) is 4.69. The van der Waals surface area contributed by atoms with Gasteiger partial charge in [0.15, 0.2) is 0 Å². The minimum atomic E-state index is -0.726. The molecule has 0 radical (unpaired) electrons. The van der Waals surface area contributed by atoms with Crippen LogP contribution in [0.2, 0.25) is 0 Å². The molecule has 3 rings (SSSR count). The zero-order valence-electron chi connectivity index (χ0n) is 11.5. The normalized spacial score (nSPS) is 30.1. The standard InChI is InChI=1S/C14H17N3O3/c1-7-9(8(2)16-6-15-7)3-12(18)17-11-5-14(13(19)20)4-10(11)14/h6,10-11H,3-5H2,1-2H3,(H,17,18)(H,19,20)/t10-,11+,14-/m0/s1. The Morgan fingerprint density at radius 1 is 1.35 bits per heavy atom. The van der Waals surface area contributed by atoms with E-state index < -0.39 is 11.4 Å². The average molecular weight is 275 g/mol. The summed E-state index contributed by atoms with van der Waals surface area (Å²) in [4.78, 5) is 31.3. The zero-order valence-corrected chi connectivity index (χ0v) is 11.5. The second kappa shape index (κ2) is 4.26. The van der Waals surface area contributed by atoms with Gasteiger partial charge in [0, 0.05) is 23.0 Å². The van der Waals surface area contributed by atoms with E-state index in [-0.39, 0.29) is 24.3 Å². The Kier molecular flexibility index (Phi) is 2.77.